The SMILES string of the molecule is Cc1cc(-n2c(-c3ccc(S(C)(=O)=O)c(F)c3)csc2=O)ccc1OC(F)(F)F. The molecular weight excluding hydrogens is 434 g/mol. The van der Waals surface area contributed by atoms with Gasteiger partial charge in [-0.2, -0.15) is 0 Å². The van der Waals surface area contributed by atoms with Crippen LogP contribution in [-0.4, -0.2) is 25.6 Å². The lowest BCUT2D eigenvalue weighted by Gasteiger charge is -2.14. The third-order valence-electron chi connectivity index (χ3n) is 3.96. The third-order valence-corrected chi connectivity index (χ3v) is 5.82. The minimum absolute atomic E-state index is 0.141. The number of ether oxygens (including phenoxy) is 1. The quantitative estimate of drug-likeness (QED) is 0.559. The van der Waals surface area contributed by atoms with E-state index in [1.54, 1.807) is 0 Å². The molecule has 0 atom stereocenters. The maximum Gasteiger partial charge on any atom is 0.573 e. The lowest BCUT2D eigenvalue weighted by Crippen LogP contribution is -2.18. The van der Waals surface area contributed by atoms with Crippen LogP contribution in [0.15, 0.2) is 51.5 Å². The number of benzene rings is 2. The Kier molecular flexibility index (Phi) is 5.30. The van der Waals surface area contributed by atoms with Crippen molar-refractivity contribution in [2.75, 3.05) is 6.26 Å². The average molecular weight is 447 g/mol. The second-order valence-corrected chi connectivity index (χ2v) is 8.94. The molecule has 0 saturated heterocycles. The second-order valence-electron chi connectivity index (χ2n) is 6.14. The number of alkyl halides is 3. The molecule has 0 unspecified atom stereocenters. The molecule has 29 heavy (non-hydrogen) atoms. The van der Waals surface area contributed by atoms with E-state index >= 15 is 0 Å². The van der Waals surface area contributed by atoms with E-state index in [2.05, 4.69) is 4.74 Å². The number of sulfone groups is 1. The van der Waals surface area contributed by atoms with Crippen molar-refractivity contribution < 1.29 is 30.7 Å². The maximum absolute atomic E-state index is 14.3. The first-order chi connectivity index (χ1) is 13.4. The molecule has 3 rings (SSSR count). The highest BCUT2D eigenvalue weighted by molar-refractivity contribution is 7.90. The zero-order valence-electron chi connectivity index (χ0n) is 15.0. The predicted octanol–water partition coefficient (Wildman–Crippen LogP) is 4.32. The van der Waals surface area contributed by atoms with Gasteiger partial charge in [0, 0.05) is 17.2 Å². The van der Waals surface area contributed by atoms with Gasteiger partial charge in [-0.15, -0.1) is 13.2 Å². The van der Waals surface area contributed by atoms with Crippen molar-refractivity contribution in [3.8, 4) is 22.7 Å². The summed E-state index contributed by atoms with van der Waals surface area (Å²) in [6.07, 6.45) is -3.98. The van der Waals surface area contributed by atoms with Crippen LogP contribution in [0.5, 0.6) is 5.75 Å². The molecule has 0 radical (unpaired) electrons. The molecule has 0 saturated carbocycles. The number of aromatic nitrogens is 1. The van der Waals surface area contributed by atoms with E-state index < -0.39 is 37.5 Å². The lowest BCUT2D eigenvalue weighted by molar-refractivity contribution is -0.274. The van der Waals surface area contributed by atoms with E-state index in [1.807, 2.05) is 0 Å². The number of halogens is 4. The summed E-state index contributed by atoms with van der Waals surface area (Å²) in [5, 5.41) is 1.45. The Hall–Kier alpha value is -2.66. The van der Waals surface area contributed by atoms with Crippen LogP contribution in [0.1, 0.15) is 5.56 Å². The van der Waals surface area contributed by atoms with Gasteiger partial charge in [-0.1, -0.05) is 17.4 Å². The summed E-state index contributed by atoms with van der Waals surface area (Å²) in [7, 11) is -3.76. The molecule has 0 fully saturated rings. The molecule has 5 nitrogen and oxygen atoms in total. The molecule has 0 spiro atoms. The Morgan fingerprint density at radius 3 is 2.34 bits per heavy atom. The number of thiazole rings is 1. The number of hydrogen-bond donors (Lipinski definition) is 0. The lowest BCUT2D eigenvalue weighted by atomic mass is 10.1. The van der Waals surface area contributed by atoms with Crippen molar-refractivity contribution in [3.05, 3.63) is 62.8 Å². The number of rotatable bonds is 4. The summed E-state index contributed by atoms with van der Waals surface area (Å²) >= 11 is 0.812. The standard InChI is InChI=1S/C18H13F4NO4S2/c1-10-7-12(4-5-15(10)27-18(20,21)22)23-14(9-28-17(23)24)11-3-6-16(13(19)8-11)29(2,25)26/h3-9H,1-2H3. The number of hydrogen-bond acceptors (Lipinski definition) is 5. The third kappa shape index (κ3) is 4.51. The van der Waals surface area contributed by atoms with Gasteiger partial charge >= 0.3 is 11.2 Å². The molecule has 1 heterocycles. The van der Waals surface area contributed by atoms with E-state index in [-0.39, 0.29) is 22.5 Å². The Morgan fingerprint density at radius 2 is 1.79 bits per heavy atom. The zero-order chi connectivity index (χ0) is 21.6. The monoisotopic (exact) mass is 447 g/mol. The van der Waals surface area contributed by atoms with Gasteiger partial charge in [0.25, 0.3) is 0 Å². The molecule has 0 aliphatic rings. The summed E-state index contributed by atoms with van der Waals surface area (Å²) in [6, 6.07) is 7.12. The number of nitrogens with zero attached hydrogens (tertiary/aromatic N) is 1. The molecule has 0 amide bonds. The fraction of sp³-hybridized carbons (Fsp3) is 0.167. The molecule has 0 aliphatic heterocycles. The zero-order valence-corrected chi connectivity index (χ0v) is 16.6. The first-order valence-corrected chi connectivity index (χ1v) is 10.7. The minimum atomic E-state index is -4.85. The predicted molar refractivity (Wildman–Crippen MR) is 99.8 cm³/mol. The highest BCUT2D eigenvalue weighted by Crippen LogP contribution is 2.30. The Labute approximate surface area is 166 Å². The van der Waals surface area contributed by atoms with E-state index in [1.165, 1.54) is 35.1 Å². The molecule has 0 N–H and O–H groups in total. The second kappa shape index (κ2) is 7.30. The van der Waals surface area contributed by atoms with E-state index in [9.17, 15) is 30.8 Å². The highest BCUT2D eigenvalue weighted by Gasteiger charge is 2.31. The molecule has 0 bridgehead atoms. The van der Waals surface area contributed by atoms with Gasteiger partial charge < -0.3 is 4.74 Å². The van der Waals surface area contributed by atoms with Gasteiger partial charge in [-0.25, -0.2) is 12.8 Å². The summed E-state index contributed by atoms with van der Waals surface area (Å²) in [6.45, 7) is 1.39. The normalized spacial score (nSPS) is 12.2. The van der Waals surface area contributed by atoms with E-state index in [0.29, 0.717) is 0 Å². The van der Waals surface area contributed by atoms with Crippen LogP contribution in [0, 0.1) is 12.7 Å². The Bertz CT molecular complexity index is 1240. The van der Waals surface area contributed by atoms with Crippen LogP contribution in [0.25, 0.3) is 16.9 Å². The van der Waals surface area contributed by atoms with Gasteiger partial charge in [0.1, 0.15) is 16.5 Å². The van der Waals surface area contributed by atoms with Crippen molar-refractivity contribution in [1.29, 1.82) is 0 Å². The fourth-order valence-electron chi connectivity index (χ4n) is 2.72. The summed E-state index contributed by atoms with van der Waals surface area (Å²) in [5.74, 6) is -1.38. The average Bonchev–Trinajstić information content (AvgIpc) is 2.96. The topological polar surface area (TPSA) is 65.4 Å². The highest BCUT2D eigenvalue weighted by atomic mass is 32.2. The smallest absolute Gasteiger partial charge is 0.406 e. The van der Waals surface area contributed by atoms with Crippen LogP contribution >= 0.6 is 11.3 Å². The van der Waals surface area contributed by atoms with Gasteiger partial charge in [0.15, 0.2) is 9.84 Å². The van der Waals surface area contributed by atoms with Crippen LogP contribution in [0.3, 0.4) is 0 Å². The minimum Gasteiger partial charge on any atom is -0.406 e. The Balaban J connectivity index is 2.09. The van der Waals surface area contributed by atoms with Crippen LogP contribution < -0.4 is 9.61 Å². The first kappa shape index (κ1) is 21.1. The largest absolute Gasteiger partial charge is 0.573 e. The Morgan fingerprint density at radius 1 is 1.10 bits per heavy atom. The molecule has 11 heteroatoms. The summed E-state index contributed by atoms with van der Waals surface area (Å²) in [5.41, 5.74) is 0.901. The van der Waals surface area contributed by atoms with Gasteiger partial charge in [-0.05, 0) is 42.8 Å². The van der Waals surface area contributed by atoms with E-state index in [0.717, 1.165) is 35.8 Å². The van der Waals surface area contributed by atoms with Crippen LogP contribution in [0.2, 0.25) is 0 Å². The summed E-state index contributed by atoms with van der Waals surface area (Å²) < 4.78 is 79.9. The molecule has 2 aromatic carbocycles. The van der Waals surface area contributed by atoms with Crippen molar-refractivity contribution in [3.63, 3.8) is 0 Å². The van der Waals surface area contributed by atoms with Crippen molar-refractivity contribution >= 4 is 21.2 Å². The van der Waals surface area contributed by atoms with E-state index in [4.69, 9.17) is 0 Å². The fourth-order valence-corrected chi connectivity index (χ4v) is 4.22. The van der Waals surface area contributed by atoms with Crippen molar-refractivity contribution in [1.82, 2.24) is 4.57 Å². The number of aryl methyl sites for hydroxylation is 1. The van der Waals surface area contributed by atoms with Crippen molar-refractivity contribution in [2.24, 2.45) is 0 Å². The maximum atomic E-state index is 14.3. The molecule has 1 aromatic heterocycles. The molecule has 3 aromatic rings. The van der Waals surface area contributed by atoms with Gasteiger partial charge in [0.2, 0.25) is 0 Å². The van der Waals surface area contributed by atoms with Crippen LogP contribution in [-0.2, 0) is 9.84 Å². The molecule has 0 aliphatic carbocycles. The summed E-state index contributed by atoms with van der Waals surface area (Å²) in [4.78, 5) is 11.4. The van der Waals surface area contributed by atoms with Gasteiger partial charge in [0.05, 0.1) is 11.4 Å². The van der Waals surface area contributed by atoms with Crippen LogP contribution in [0.4, 0.5) is 17.6 Å². The molecule has 154 valence electrons. The van der Waals surface area contributed by atoms with Gasteiger partial charge in [-0.3, -0.25) is 9.36 Å². The first-order valence-electron chi connectivity index (χ1n) is 7.94. The molecular formula is C18H13F4NO4S2. The van der Waals surface area contributed by atoms with Crippen molar-refractivity contribution in [2.45, 2.75) is 18.2 Å².